The second-order valence-electron chi connectivity index (χ2n) is 9.45. The normalized spacial score (nSPS) is 14.5. The van der Waals surface area contributed by atoms with Crippen LogP contribution in [0.25, 0.3) is 0 Å². The van der Waals surface area contributed by atoms with Gasteiger partial charge in [-0.05, 0) is 36.5 Å². The number of hydrogen-bond acceptors (Lipinski definition) is 2. The van der Waals surface area contributed by atoms with Crippen LogP contribution in [-0.2, 0) is 22.7 Å². The van der Waals surface area contributed by atoms with Crippen molar-refractivity contribution in [3.63, 3.8) is 0 Å². The Morgan fingerprint density at radius 1 is 1.00 bits per heavy atom. The molecule has 0 unspecified atom stereocenters. The van der Waals surface area contributed by atoms with Crippen molar-refractivity contribution in [1.82, 2.24) is 14.4 Å². The maximum atomic E-state index is 13.6. The number of rotatable bonds is 10. The summed E-state index contributed by atoms with van der Waals surface area (Å²) in [6, 6.07) is 14.9. The van der Waals surface area contributed by atoms with Crippen LogP contribution in [0, 0.1) is 5.92 Å². The van der Waals surface area contributed by atoms with Gasteiger partial charge in [0.2, 0.25) is 11.8 Å². The fourth-order valence-electron chi connectivity index (χ4n) is 4.69. The molecule has 174 valence electrons. The number of carbonyl (C=O) groups is 2. The van der Waals surface area contributed by atoms with E-state index in [4.69, 9.17) is 0 Å². The third-order valence-corrected chi connectivity index (χ3v) is 6.35. The van der Waals surface area contributed by atoms with Crippen molar-refractivity contribution in [3.05, 3.63) is 59.9 Å². The summed E-state index contributed by atoms with van der Waals surface area (Å²) in [6.07, 6.45) is 8.22. The van der Waals surface area contributed by atoms with Crippen molar-refractivity contribution in [2.45, 2.75) is 78.4 Å². The lowest BCUT2D eigenvalue weighted by Gasteiger charge is -2.36. The van der Waals surface area contributed by atoms with Gasteiger partial charge in [0.05, 0.1) is 13.1 Å². The standard InChI is InChI=1S/C27H39N3O2/c1-4-26(31)29(18-22(2)3)21-27(32)30(24-14-9-6-10-15-24)20-25-16-11-17-28(25)19-23-12-7-5-8-13-23/h5,7-8,11-13,16-17,22,24H,4,6,9-10,14-15,18-21H2,1-3H3. The molecule has 5 heteroatoms. The molecule has 1 fully saturated rings. The number of carbonyl (C=O) groups excluding carboxylic acids is 2. The Morgan fingerprint density at radius 2 is 1.72 bits per heavy atom. The Kier molecular flexibility index (Phi) is 8.95. The Hall–Kier alpha value is -2.56. The number of hydrogen-bond donors (Lipinski definition) is 0. The van der Waals surface area contributed by atoms with Gasteiger partial charge >= 0.3 is 0 Å². The molecular weight excluding hydrogens is 398 g/mol. The average molecular weight is 438 g/mol. The highest BCUT2D eigenvalue weighted by Crippen LogP contribution is 2.25. The van der Waals surface area contributed by atoms with Crippen molar-refractivity contribution >= 4 is 11.8 Å². The minimum Gasteiger partial charge on any atom is -0.345 e. The highest BCUT2D eigenvalue weighted by Gasteiger charge is 2.28. The van der Waals surface area contributed by atoms with Gasteiger partial charge in [0.1, 0.15) is 0 Å². The van der Waals surface area contributed by atoms with Gasteiger partial charge in [-0.15, -0.1) is 0 Å². The van der Waals surface area contributed by atoms with Crippen LogP contribution >= 0.6 is 0 Å². The number of nitrogens with zero attached hydrogens (tertiary/aromatic N) is 3. The summed E-state index contributed by atoms with van der Waals surface area (Å²) in [5.74, 6) is 0.472. The van der Waals surface area contributed by atoms with Gasteiger partial charge in [-0.2, -0.15) is 0 Å². The molecule has 0 spiro atoms. The number of aromatic nitrogens is 1. The van der Waals surface area contributed by atoms with Crippen LogP contribution in [0.2, 0.25) is 0 Å². The van der Waals surface area contributed by atoms with Crippen LogP contribution in [0.3, 0.4) is 0 Å². The second-order valence-corrected chi connectivity index (χ2v) is 9.45. The topological polar surface area (TPSA) is 45.6 Å². The van der Waals surface area contributed by atoms with Gasteiger partial charge in [-0.3, -0.25) is 9.59 Å². The molecule has 0 atom stereocenters. The molecule has 0 radical (unpaired) electrons. The lowest BCUT2D eigenvalue weighted by atomic mass is 9.94. The Bertz CT molecular complexity index is 853. The molecule has 5 nitrogen and oxygen atoms in total. The summed E-state index contributed by atoms with van der Waals surface area (Å²) in [4.78, 5) is 29.9. The quantitative estimate of drug-likeness (QED) is 0.520. The van der Waals surface area contributed by atoms with Crippen LogP contribution in [0.5, 0.6) is 0 Å². The lowest BCUT2D eigenvalue weighted by molar-refractivity contribution is -0.143. The third kappa shape index (κ3) is 6.72. The molecule has 1 aliphatic carbocycles. The van der Waals surface area contributed by atoms with Gasteiger partial charge < -0.3 is 14.4 Å². The van der Waals surface area contributed by atoms with E-state index in [1.54, 1.807) is 4.90 Å². The molecule has 0 aliphatic heterocycles. The van der Waals surface area contributed by atoms with Crippen molar-refractivity contribution in [2.75, 3.05) is 13.1 Å². The van der Waals surface area contributed by atoms with E-state index in [-0.39, 0.29) is 24.4 Å². The molecule has 2 amide bonds. The van der Waals surface area contributed by atoms with Crippen LogP contribution in [-0.4, -0.2) is 45.3 Å². The second kappa shape index (κ2) is 11.9. The van der Waals surface area contributed by atoms with E-state index in [0.29, 0.717) is 25.4 Å². The van der Waals surface area contributed by atoms with E-state index < -0.39 is 0 Å². The van der Waals surface area contributed by atoms with E-state index in [2.05, 4.69) is 65.9 Å². The van der Waals surface area contributed by atoms with E-state index in [9.17, 15) is 9.59 Å². The predicted octanol–water partition coefficient (Wildman–Crippen LogP) is 5.09. The summed E-state index contributed by atoms with van der Waals surface area (Å²) < 4.78 is 2.24. The van der Waals surface area contributed by atoms with Crippen molar-refractivity contribution < 1.29 is 9.59 Å². The first-order chi connectivity index (χ1) is 15.5. The first-order valence-corrected chi connectivity index (χ1v) is 12.2. The first-order valence-electron chi connectivity index (χ1n) is 12.2. The third-order valence-electron chi connectivity index (χ3n) is 6.35. The fraction of sp³-hybridized carbons (Fsp3) is 0.556. The zero-order valence-electron chi connectivity index (χ0n) is 20.0. The summed E-state index contributed by atoms with van der Waals surface area (Å²) >= 11 is 0. The summed E-state index contributed by atoms with van der Waals surface area (Å²) in [5.41, 5.74) is 2.39. The molecule has 3 rings (SSSR count). The van der Waals surface area contributed by atoms with Crippen molar-refractivity contribution in [2.24, 2.45) is 5.92 Å². The maximum Gasteiger partial charge on any atom is 0.242 e. The molecule has 2 aromatic rings. The first kappa shape index (κ1) is 24.1. The summed E-state index contributed by atoms with van der Waals surface area (Å²) in [6.45, 7) is 8.26. The smallest absolute Gasteiger partial charge is 0.242 e. The van der Waals surface area contributed by atoms with Gasteiger partial charge in [0, 0.05) is 37.4 Å². The van der Waals surface area contributed by atoms with Crippen LogP contribution < -0.4 is 0 Å². The molecule has 1 saturated carbocycles. The Morgan fingerprint density at radius 3 is 2.38 bits per heavy atom. The minimum atomic E-state index is 0.0584. The monoisotopic (exact) mass is 437 g/mol. The van der Waals surface area contributed by atoms with Crippen LogP contribution in [0.15, 0.2) is 48.7 Å². The average Bonchev–Trinajstić information content (AvgIpc) is 3.23. The zero-order chi connectivity index (χ0) is 22.9. The number of benzene rings is 1. The van der Waals surface area contributed by atoms with Crippen molar-refractivity contribution in [1.29, 1.82) is 0 Å². The Labute approximate surface area is 193 Å². The maximum absolute atomic E-state index is 13.6. The molecule has 32 heavy (non-hydrogen) atoms. The highest BCUT2D eigenvalue weighted by molar-refractivity contribution is 5.85. The Balaban J connectivity index is 1.78. The molecule has 0 N–H and O–H groups in total. The van der Waals surface area contributed by atoms with Crippen LogP contribution in [0.1, 0.15) is 70.6 Å². The molecule has 1 aliphatic rings. The highest BCUT2D eigenvalue weighted by atomic mass is 16.2. The number of amides is 2. The van der Waals surface area contributed by atoms with Crippen LogP contribution in [0.4, 0.5) is 0 Å². The SMILES string of the molecule is CCC(=O)N(CC(=O)N(Cc1cccn1Cc1ccccc1)C1CCCCC1)CC(C)C. The van der Waals surface area contributed by atoms with E-state index in [0.717, 1.165) is 25.1 Å². The lowest BCUT2D eigenvalue weighted by Crippen LogP contribution is -2.48. The van der Waals surface area contributed by atoms with E-state index in [1.165, 1.54) is 24.8 Å². The minimum absolute atomic E-state index is 0.0584. The van der Waals surface area contributed by atoms with Gasteiger partial charge in [0.15, 0.2) is 0 Å². The molecular formula is C27H39N3O2. The van der Waals surface area contributed by atoms with E-state index >= 15 is 0 Å². The van der Waals surface area contributed by atoms with Gasteiger partial charge in [-0.1, -0.05) is 70.4 Å². The zero-order valence-corrected chi connectivity index (χ0v) is 20.0. The largest absolute Gasteiger partial charge is 0.345 e. The summed E-state index contributed by atoms with van der Waals surface area (Å²) in [7, 11) is 0. The van der Waals surface area contributed by atoms with Crippen molar-refractivity contribution in [3.8, 4) is 0 Å². The summed E-state index contributed by atoms with van der Waals surface area (Å²) in [5, 5.41) is 0. The van der Waals surface area contributed by atoms with Gasteiger partial charge in [0.25, 0.3) is 0 Å². The molecule has 1 aromatic heterocycles. The molecule has 1 heterocycles. The fourth-order valence-corrected chi connectivity index (χ4v) is 4.69. The van der Waals surface area contributed by atoms with E-state index in [1.807, 2.05) is 13.0 Å². The van der Waals surface area contributed by atoms with Gasteiger partial charge in [-0.25, -0.2) is 0 Å². The molecule has 1 aromatic carbocycles. The predicted molar refractivity (Wildman–Crippen MR) is 129 cm³/mol. The molecule has 0 saturated heterocycles. The molecule has 0 bridgehead atoms.